The van der Waals surface area contributed by atoms with Crippen molar-refractivity contribution in [1.29, 1.82) is 0 Å². The molecule has 0 amide bonds. The van der Waals surface area contributed by atoms with E-state index in [1.54, 1.807) is 0 Å². The zero-order valence-electron chi connectivity index (χ0n) is 9.10. The number of nitrogens with two attached hydrogens (primary N) is 1. The molecule has 86 valence electrons. The van der Waals surface area contributed by atoms with Crippen molar-refractivity contribution in [3.05, 3.63) is 35.4 Å². The van der Waals surface area contributed by atoms with Gasteiger partial charge in [0.1, 0.15) is 0 Å². The molecule has 1 aliphatic rings. The first-order chi connectivity index (χ1) is 7.65. The number of aliphatic carboxylic acids is 1. The fourth-order valence-electron chi connectivity index (χ4n) is 2.03. The van der Waals surface area contributed by atoms with Crippen molar-refractivity contribution in [3.63, 3.8) is 0 Å². The summed E-state index contributed by atoms with van der Waals surface area (Å²) in [6.45, 7) is 2.61. The van der Waals surface area contributed by atoms with Crippen molar-refractivity contribution >= 4 is 5.97 Å². The predicted octanol–water partition coefficient (Wildman–Crippen LogP) is 0.457. The zero-order chi connectivity index (χ0) is 11.5. The third-order valence-electron chi connectivity index (χ3n) is 2.84. The van der Waals surface area contributed by atoms with Crippen LogP contribution in [-0.2, 0) is 17.8 Å². The first-order valence-electron chi connectivity index (χ1n) is 5.41. The van der Waals surface area contributed by atoms with E-state index < -0.39 is 5.97 Å². The van der Waals surface area contributed by atoms with Crippen LogP contribution < -0.4 is 5.73 Å². The Bertz CT molecular complexity index is 386. The maximum absolute atomic E-state index is 10.7. The molecule has 0 unspecified atom stereocenters. The van der Waals surface area contributed by atoms with Crippen LogP contribution >= 0.6 is 0 Å². The summed E-state index contributed by atoms with van der Waals surface area (Å²) in [5, 5.41) is 8.81. The third-order valence-corrected chi connectivity index (χ3v) is 2.84. The molecule has 0 spiro atoms. The van der Waals surface area contributed by atoms with Crippen LogP contribution in [0.2, 0.25) is 0 Å². The van der Waals surface area contributed by atoms with E-state index in [0.717, 1.165) is 30.8 Å². The molecule has 0 radical (unpaired) electrons. The molecular weight excluding hydrogens is 204 g/mol. The third kappa shape index (κ3) is 2.59. The van der Waals surface area contributed by atoms with E-state index in [0.29, 0.717) is 0 Å². The minimum atomic E-state index is -0.784. The van der Waals surface area contributed by atoms with Crippen LogP contribution in [0.4, 0.5) is 0 Å². The molecule has 0 saturated carbocycles. The Morgan fingerprint density at radius 1 is 1.38 bits per heavy atom. The Kier molecular flexibility index (Phi) is 3.22. The van der Waals surface area contributed by atoms with Crippen LogP contribution in [-0.4, -0.2) is 35.1 Å². The van der Waals surface area contributed by atoms with E-state index in [1.807, 2.05) is 24.3 Å². The van der Waals surface area contributed by atoms with Gasteiger partial charge in [0.05, 0.1) is 6.42 Å². The van der Waals surface area contributed by atoms with Crippen molar-refractivity contribution in [2.24, 2.45) is 5.73 Å². The van der Waals surface area contributed by atoms with Gasteiger partial charge in [-0.05, 0) is 11.1 Å². The highest BCUT2D eigenvalue weighted by Crippen LogP contribution is 2.16. The van der Waals surface area contributed by atoms with Crippen LogP contribution in [0.3, 0.4) is 0 Å². The van der Waals surface area contributed by atoms with E-state index in [4.69, 9.17) is 10.8 Å². The van der Waals surface area contributed by atoms with E-state index >= 15 is 0 Å². The number of carbonyl (C=O) groups is 1. The Hall–Kier alpha value is -1.39. The molecule has 1 heterocycles. The van der Waals surface area contributed by atoms with Gasteiger partial charge in [-0.25, -0.2) is 0 Å². The van der Waals surface area contributed by atoms with E-state index in [9.17, 15) is 4.79 Å². The van der Waals surface area contributed by atoms with Gasteiger partial charge in [-0.1, -0.05) is 24.3 Å². The highest BCUT2D eigenvalue weighted by Gasteiger charge is 2.23. The molecule has 1 fully saturated rings. The fourth-order valence-corrected chi connectivity index (χ4v) is 2.03. The number of carboxylic acid groups (broad SMARTS) is 1. The number of benzene rings is 1. The summed E-state index contributed by atoms with van der Waals surface area (Å²) >= 11 is 0. The predicted molar refractivity (Wildman–Crippen MR) is 61.0 cm³/mol. The fraction of sp³-hybridized carbons (Fsp3) is 0.417. The van der Waals surface area contributed by atoms with Crippen molar-refractivity contribution in [1.82, 2.24) is 4.90 Å². The SMILES string of the molecule is NC1CN(Cc2ccccc2CC(=O)O)C1. The number of carboxylic acids is 1. The van der Waals surface area contributed by atoms with Gasteiger partial charge in [-0.3, -0.25) is 9.69 Å². The van der Waals surface area contributed by atoms with Gasteiger partial charge in [-0.15, -0.1) is 0 Å². The molecule has 1 aromatic rings. The maximum Gasteiger partial charge on any atom is 0.307 e. The second-order valence-electron chi connectivity index (χ2n) is 4.29. The maximum atomic E-state index is 10.7. The molecule has 0 aromatic heterocycles. The van der Waals surface area contributed by atoms with Crippen LogP contribution in [0.15, 0.2) is 24.3 Å². The summed E-state index contributed by atoms with van der Waals surface area (Å²) in [6, 6.07) is 7.97. The summed E-state index contributed by atoms with van der Waals surface area (Å²) < 4.78 is 0. The molecule has 0 atom stereocenters. The van der Waals surface area contributed by atoms with Crippen molar-refractivity contribution in [2.75, 3.05) is 13.1 Å². The molecule has 4 heteroatoms. The molecule has 16 heavy (non-hydrogen) atoms. The van der Waals surface area contributed by atoms with Crippen LogP contribution in [0.5, 0.6) is 0 Å². The number of likely N-dealkylation sites (tertiary alicyclic amines) is 1. The number of nitrogens with zero attached hydrogens (tertiary/aromatic N) is 1. The van der Waals surface area contributed by atoms with Gasteiger partial charge >= 0.3 is 5.97 Å². The molecule has 3 N–H and O–H groups in total. The summed E-state index contributed by atoms with van der Waals surface area (Å²) in [4.78, 5) is 12.9. The second kappa shape index (κ2) is 4.63. The van der Waals surface area contributed by atoms with Gasteiger partial charge in [0.15, 0.2) is 0 Å². The first-order valence-corrected chi connectivity index (χ1v) is 5.41. The lowest BCUT2D eigenvalue weighted by Gasteiger charge is -2.37. The molecule has 0 bridgehead atoms. The van der Waals surface area contributed by atoms with E-state index in [2.05, 4.69) is 4.90 Å². The Balaban J connectivity index is 2.04. The normalized spacial score (nSPS) is 17.1. The lowest BCUT2D eigenvalue weighted by Crippen LogP contribution is -2.54. The molecule has 1 aromatic carbocycles. The molecule has 1 aliphatic heterocycles. The van der Waals surface area contributed by atoms with Gasteiger partial charge in [0, 0.05) is 25.7 Å². The van der Waals surface area contributed by atoms with Gasteiger partial charge < -0.3 is 10.8 Å². The smallest absolute Gasteiger partial charge is 0.307 e. The van der Waals surface area contributed by atoms with Crippen LogP contribution in [0, 0.1) is 0 Å². The summed E-state index contributed by atoms with van der Waals surface area (Å²) in [7, 11) is 0. The van der Waals surface area contributed by atoms with Crippen molar-refractivity contribution in [2.45, 2.75) is 19.0 Å². The molecular formula is C12H16N2O2. The van der Waals surface area contributed by atoms with Gasteiger partial charge in [0.2, 0.25) is 0 Å². The van der Waals surface area contributed by atoms with Crippen molar-refractivity contribution in [3.8, 4) is 0 Å². The zero-order valence-corrected chi connectivity index (χ0v) is 9.10. The standard InChI is InChI=1S/C12H16N2O2/c13-11-7-14(8-11)6-10-4-2-1-3-9(10)5-12(15)16/h1-4,11H,5-8,13H2,(H,15,16). The van der Waals surface area contributed by atoms with E-state index in [1.165, 1.54) is 0 Å². The number of hydrogen-bond donors (Lipinski definition) is 2. The summed E-state index contributed by atoms with van der Waals surface area (Å²) in [6.07, 6.45) is 0.0933. The molecule has 0 aliphatic carbocycles. The topological polar surface area (TPSA) is 66.6 Å². The number of hydrogen-bond acceptors (Lipinski definition) is 3. The Morgan fingerprint density at radius 3 is 2.56 bits per heavy atom. The summed E-state index contributed by atoms with van der Waals surface area (Å²) in [5.41, 5.74) is 7.70. The Labute approximate surface area is 94.7 Å². The van der Waals surface area contributed by atoms with Gasteiger partial charge in [-0.2, -0.15) is 0 Å². The monoisotopic (exact) mass is 220 g/mol. The minimum absolute atomic E-state index is 0.0933. The van der Waals surface area contributed by atoms with Crippen LogP contribution in [0.1, 0.15) is 11.1 Å². The lowest BCUT2D eigenvalue weighted by atomic mass is 10.0. The quantitative estimate of drug-likeness (QED) is 0.773. The average molecular weight is 220 g/mol. The largest absolute Gasteiger partial charge is 0.481 e. The van der Waals surface area contributed by atoms with Gasteiger partial charge in [0.25, 0.3) is 0 Å². The first kappa shape index (κ1) is 11.1. The molecule has 2 rings (SSSR count). The van der Waals surface area contributed by atoms with E-state index in [-0.39, 0.29) is 12.5 Å². The average Bonchev–Trinajstić information content (AvgIpc) is 2.17. The highest BCUT2D eigenvalue weighted by molar-refractivity contribution is 5.70. The minimum Gasteiger partial charge on any atom is -0.481 e. The lowest BCUT2D eigenvalue weighted by molar-refractivity contribution is -0.136. The van der Waals surface area contributed by atoms with Crippen LogP contribution in [0.25, 0.3) is 0 Å². The number of rotatable bonds is 4. The van der Waals surface area contributed by atoms with Crippen molar-refractivity contribution < 1.29 is 9.90 Å². The summed E-state index contributed by atoms with van der Waals surface area (Å²) in [5.74, 6) is -0.784. The molecule has 1 saturated heterocycles. The highest BCUT2D eigenvalue weighted by atomic mass is 16.4. The Morgan fingerprint density at radius 2 is 2.00 bits per heavy atom. The second-order valence-corrected chi connectivity index (χ2v) is 4.29. The molecule has 4 nitrogen and oxygen atoms in total.